The fourth-order valence-corrected chi connectivity index (χ4v) is 4.53. The van der Waals surface area contributed by atoms with E-state index < -0.39 is 18.5 Å². The highest BCUT2D eigenvalue weighted by molar-refractivity contribution is 7.14. The maximum atomic E-state index is 12.5. The smallest absolute Gasteiger partial charge is 0.338 e. The summed E-state index contributed by atoms with van der Waals surface area (Å²) in [5.74, 6) is -0.504. The van der Waals surface area contributed by atoms with Gasteiger partial charge < -0.3 is 9.72 Å². The number of rotatable bonds is 6. The van der Waals surface area contributed by atoms with Crippen molar-refractivity contribution in [1.82, 2.24) is 19.9 Å². The number of fused-ring (bicyclic) bond motifs is 1. The predicted molar refractivity (Wildman–Crippen MR) is 136 cm³/mol. The van der Waals surface area contributed by atoms with E-state index in [0.717, 1.165) is 5.56 Å². The summed E-state index contributed by atoms with van der Waals surface area (Å²) in [6.45, 7) is -0.461. The van der Waals surface area contributed by atoms with Crippen molar-refractivity contribution >= 4 is 62.6 Å². The number of hydrogen-bond acceptors (Lipinski definition) is 7. The van der Waals surface area contributed by atoms with Crippen LogP contribution in [-0.2, 0) is 9.53 Å². The quantitative estimate of drug-likeness (QED) is 0.270. The van der Waals surface area contributed by atoms with Gasteiger partial charge >= 0.3 is 5.97 Å². The molecule has 3 aromatic heterocycles. The zero-order chi connectivity index (χ0) is 24.4. The molecule has 5 rings (SSSR count). The summed E-state index contributed by atoms with van der Waals surface area (Å²) < 4.78 is 5.17. The van der Waals surface area contributed by atoms with Gasteiger partial charge in [0.05, 0.1) is 27.3 Å². The molecule has 8 nitrogen and oxygen atoms in total. The van der Waals surface area contributed by atoms with E-state index in [1.165, 1.54) is 11.3 Å². The van der Waals surface area contributed by atoms with Crippen molar-refractivity contribution in [3.8, 4) is 22.6 Å². The minimum atomic E-state index is -0.632. The van der Waals surface area contributed by atoms with Crippen LogP contribution in [-0.4, -0.2) is 38.4 Å². The number of benzene rings is 2. The van der Waals surface area contributed by atoms with E-state index in [9.17, 15) is 9.59 Å². The molecule has 2 aromatic carbocycles. The molecule has 5 aromatic rings. The Morgan fingerprint density at radius 3 is 2.77 bits per heavy atom. The molecule has 11 heteroatoms. The molecular formula is C24H15Cl2N5O3S. The molecule has 0 saturated carbocycles. The van der Waals surface area contributed by atoms with E-state index in [-0.39, 0.29) is 0 Å². The van der Waals surface area contributed by atoms with Gasteiger partial charge in [0.25, 0.3) is 5.91 Å². The van der Waals surface area contributed by atoms with Crippen LogP contribution in [0.3, 0.4) is 0 Å². The molecule has 0 unspecified atom stereocenters. The molecule has 0 fully saturated rings. The molecule has 174 valence electrons. The number of aromatic amines is 1. The van der Waals surface area contributed by atoms with E-state index in [2.05, 4.69) is 25.3 Å². The molecule has 1 amide bonds. The lowest BCUT2D eigenvalue weighted by Crippen LogP contribution is -2.20. The van der Waals surface area contributed by atoms with Crippen LogP contribution in [0.4, 0.5) is 5.13 Å². The Morgan fingerprint density at radius 1 is 1.09 bits per heavy atom. The number of carbonyl (C=O) groups is 2. The number of imidazole rings is 1. The van der Waals surface area contributed by atoms with Crippen molar-refractivity contribution in [3.63, 3.8) is 0 Å². The van der Waals surface area contributed by atoms with Gasteiger partial charge in [0.2, 0.25) is 0 Å². The van der Waals surface area contributed by atoms with Crippen molar-refractivity contribution in [1.29, 1.82) is 0 Å². The van der Waals surface area contributed by atoms with Crippen molar-refractivity contribution in [2.24, 2.45) is 0 Å². The molecule has 0 aliphatic heterocycles. The molecule has 35 heavy (non-hydrogen) atoms. The van der Waals surface area contributed by atoms with Gasteiger partial charge in [-0.2, -0.15) is 0 Å². The summed E-state index contributed by atoms with van der Waals surface area (Å²) in [4.78, 5) is 40.9. The van der Waals surface area contributed by atoms with Gasteiger partial charge in [-0.3, -0.25) is 15.1 Å². The molecular weight excluding hydrogens is 509 g/mol. The third kappa shape index (κ3) is 5.17. The van der Waals surface area contributed by atoms with Gasteiger partial charge in [0.15, 0.2) is 11.7 Å². The van der Waals surface area contributed by atoms with E-state index in [1.807, 2.05) is 12.1 Å². The van der Waals surface area contributed by atoms with Gasteiger partial charge in [-0.25, -0.2) is 14.8 Å². The van der Waals surface area contributed by atoms with E-state index >= 15 is 0 Å². The average molecular weight is 524 g/mol. The number of ether oxygens (including phenoxy) is 1. The molecule has 0 radical (unpaired) electrons. The summed E-state index contributed by atoms with van der Waals surface area (Å²) in [7, 11) is 0. The second-order valence-electron chi connectivity index (χ2n) is 7.35. The number of H-pyrrole nitrogens is 1. The van der Waals surface area contributed by atoms with Crippen LogP contribution in [0.25, 0.3) is 33.7 Å². The first kappa shape index (κ1) is 23.0. The molecule has 0 spiro atoms. The van der Waals surface area contributed by atoms with Crippen molar-refractivity contribution in [3.05, 3.63) is 81.9 Å². The number of nitrogens with one attached hydrogen (secondary N) is 2. The SMILES string of the molecule is O=C(COC(=O)c1ccc2nc(-c3cccnc3)[nH]c2c1)Nc1nc(-c2ccc(Cl)cc2Cl)cs1. The molecule has 0 saturated heterocycles. The van der Waals surface area contributed by atoms with Gasteiger partial charge in [-0.1, -0.05) is 23.2 Å². The lowest BCUT2D eigenvalue weighted by molar-refractivity contribution is -0.119. The van der Waals surface area contributed by atoms with Gasteiger partial charge in [-0.05, 0) is 48.5 Å². The first-order valence-electron chi connectivity index (χ1n) is 10.2. The Balaban J connectivity index is 1.21. The molecule has 0 bridgehead atoms. The van der Waals surface area contributed by atoms with Crippen LogP contribution in [0.1, 0.15) is 10.4 Å². The number of anilines is 1. The second kappa shape index (κ2) is 9.83. The summed E-state index contributed by atoms with van der Waals surface area (Å²) >= 11 is 13.4. The Hall–Kier alpha value is -3.79. The van der Waals surface area contributed by atoms with Crippen LogP contribution >= 0.6 is 34.5 Å². The largest absolute Gasteiger partial charge is 0.452 e. The Labute approximate surface area is 212 Å². The highest BCUT2D eigenvalue weighted by Gasteiger charge is 2.15. The first-order valence-corrected chi connectivity index (χ1v) is 11.9. The van der Waals surface area contributed by atoms with Gasteiger partial charge in [0.1, 0.15) is 5.82 Å². The number of carbonyl (C=O) groups excluding carboxylic acids is 2. The molecule has 0 aliphatic rings. The van der Waals surface area contributed by atoms with Crippen molar-refractivity contribution in [2.75, 3.05) is 11.9 Å². The molecule has 0 aliphatic carbocycles. The fraction of sp³-hybridized carbons (Fsp3) is 0.0417. The number of hydrogen-bond donors (Lipinski definition) is 2. The lowest BCUT2D eigenvalue weighted by Gasteiger charge is -2.05. The zero-order valence-electron chi connectivity index (χ0n) is 17.8. The number of aromatic nitrogens is 4. The van der Waals surface area contributed by atoms with Gasteiger partial charge in [0, 0.05) is 33.9 Å². The monoisotopic (exact) mass is 523 g/mol. The molecule has 2 N–H and O–H groups in total. The van der Waals surface area contributed by atoms with Crippen molar-refractivity contribution < 1.29 is 14.3 Å². The Bertz CT molecular complexity index is 1550. The third-order valence-electron chi connectivity index (χ3n) is 4.94. The summed E-state index contributed by atoms with van der Waals surface area (Å²) in [5.41, 5.74) is 3.77. The highest BCUT2D eigenvalue weighted by atomic mass is 35.5. The van der Waals surface area contributed by atoms with Crippen LogP contribution in [0, 0.1) is 0 Å². The minimum absolute atomic E-state index is 0.292. The van der Waals surface area contributed by atoms with Gasteiger partial charge in [-0.15, -0.1) is 11.3 Å². The minimum Gasteiger partial charge on any atom is -0.452 e. The van der Waals surface area contributed by atoms with Crippen LogP contribution in [0.2, 0.25) is 10.0 Å². The highest BCUT2D eigenvalue weighted by Crippen LogP contribution is 2.32. The van der Waals surface area contributed by atoms with E-state index in [0.29, 0.717) is 48.9 Å². The lowest BCUT2D eigenvalue weighted by atomic mass is 10.2. The Morgan fingerprint density at radius 2 is 1.97 bits per heavy atom. The number of pyridine rings is 1. The number of halogens is 2. The Kier molecular flexibility index (Phi) is 6.45. The number of nitrogens with zero attached hydrogens (tertiary/aromatic N) is 3. The van der Waals surface area contributed by atoms with Crippen LogP contribution < -0.4 is 5.32 Å². The third-order valence-corrected chi connectivity index (χ3v) is 6.25. The van der Waals surface area contributed by atoms with Crippen molar-refractivity contribution in [2.45, 2.75) is 0 Å². The summed E-state index contributed by atoms with van der Waals surface area (Å²) in [5, 5.41) is 5.71. The fourth-order valence-electron chi connectivity index (χ4n) is 3.30. The average Bonchev–Trinajstić information content (AvgIpc) is 3.49. The van der Waals surface area contributed by atoms with E-state index in [4.69, 9.17) is 27.9 Å². The first-order chi connectivity index (χ1) is 17.0. The second-order valence-corrected chi connectivity index (χ2v) is 9.05. The number of amides is 1. The standard InChI is InChI=1S/C24H15Cl2N5O3S/c25-15-4-5-16(17(26)9-15)20-12-35-24(30-20)31-21(32)11-34-23(33)13-3-6-18-19(8-13)29-22(28-18)14-2-1-7-27-10-14/h1-10,12H,11H2,(H,28,29)(H,30,31,32). The summed E-state index contributed by atoms with van der Waals surface area (Å²) in [6.07, 6.45) is 3.38. The van der Waals surface area contributed by atoms with E-state index in [1.54, 1.807) is 54.2 Å². The van der Waals surface area contributed by atoms with Crippen LogP contribution in [0.15, 0.2) is 66.3 Å². The zero-order valence-corrected chi connectivity index (χ0v) is 20.1. The summed E-state index contributed by atoms with van der Waals surface area (Å²) in [6, 6.07) is 13.7. The number of thiazole rings is 1. The molecule has 3 heterocycles. The molecule has 0 atom stereocenters. The maximum absolute atomic E-state index is 12.5. The predicted octanol–water partition coefficient (Wildman–Crippen LogP) is 5.85. The van der Waals surface area contributed by atoms with Crippen LogP contribution in [0.5, 0.6) is 0 Å². The topological polar surface area (TPSA) is 110 Å². The normalized spacial score (nSPS) is 10.9. The number of esters is 1. The maximum Gasteiger partial charge on any atom is 0.338 e.